The smallest absolute Gasteiger partial charge is 0.256 e. The van der Waals surface area contributed by atoms with Gasteiger partial charge in [-0.1, -0.05) is 6.07 Å². The maximum atomic E-state index is 12.4. The molecule has 2 aromatic carbocycles. The molecule has 3 aromatic rings. The molecule has 0 saturated heterocycles. The van der Waals surface area contributed by atoms with Gasteiger partial charge in [-0.15, -0.1) is 10.2 Å². The first kappa shape index (κ1) is 14.3. The highest BCUT2D eigenvalue weighted by Crippen LogP contribution is 2.22. The van der Waals surface area contributed by atoms with Gasteiger partial charge in [0.15, 0.2) is 0 Å². The number of halogens is 1. The normalized spacial score (nSPS) is 10.4. The van der Waals surface area contributed by atoms with E-state index in [2.05, 4.69) is 31.4 Å². The fraction of sp³-hybridized carbons (Fsp3) is 0. The lowest BCUT2D eigenvalue weighted by Gasteiger charge is -2.09. The van der Waals surface area contributed by atoms with Crippen LogP contribution >= 0.6 is 15.9 Å². The van der Waals surface area contributed by atoms with Crippen LogP contribution in [0.2, 0.25) is 0 Å². The standard InChI is InChI=1S/C15H11BrN4O2/c16-14-5-4-11(20-8-17-18-9-20)7-13(14)15(22)19-10-2-1-3-12(21)6-10/h1-9,21H,(H,19,22). The summed E-state index contributed by atoms with van der Waals surface area (Å²) in [6.45, 7) is 0. The van der Waals surface area contributed by atoms with Gasteiger partial charge >= 0.3 is 0 Å². The van der Waals surface area contributed by atoms with Crippen molar-refractivity contribution in [2.75, 3.05) is 5.32 Å². The predicted octanol–water partition coefficient (Wildman–Crippen LogP) is 2.99. The molecule has 0 atom stereocenters. The second-order valence-corrected chi connectivity index (χ2v) is 5.39. The third-order valence-corrected chi connectivity index (χ3v) is 3.71. The van der Waals surface area contributed by atoms with Gasteiger partial charge in [0.2, 0.25) is 0 Å². The van der Waals surface area contributed by atoms with Crippen LogP contribution in [0.1, 0.15) is 10.4 Å². The van der Waals surface area contributed by atoms with Crippen LogP contribution in [0.3, 0.4) is 0 Å². The number of anilines is 1. The Balaban J connectivity index is 1.90. The molecule has 0 unspecified atom stereocenters. The number of phenols is 1. The maximum absolute atomic E-state index is 12.4. The summed E-state index contributed by atoms with van der Waals surface area (Å²) >= 11 is 3.37. The first-order valence-corrected chi connectivity index (χ1v) is 7.18. The topological polar surface area (TPSA) is 80.0 Å². The van der Waals surface area contributed by atoms with Crippen LogP contribution in [-0.4, -0.2) is 25.8 Å². The fourth-order valence-corrected chi connectivity index (χ4v) is 2.39. The SMILES string of the molecule is O=C(Nc1cccc(O)c1)c1cc(-n2cnnc2)ccc1Br. The van der Waals surface area contributed by atoms with E-state index < -0.39 is 0 Å². The first-order chi connectivity index (χ1) is 10.6. The van der Waals surface area contributed by atoms with E-state index in [1.165, 1.54) is 12.1 Å². The first-order valence-electron chi connectivity index (χ1n) is 6.38. The molecule has 3 rings (SSSR count). The molecule has 2 N–H and O–H groups in total. The van der Waals surface area contributed by atoms with Gasteiger partial charge in [-0.25, -0.2) is 0 Å². The van der Waals surface area contributed by atoms with Crippen molar-refractivity contribution in [3.63, 3.8) is 0 Å². The summed E-state index contributed by atoms with van der Waals surface area (Å²) in [5.41, 5.74) is 1.76. The number of nitrogens with one attached hydrogen (secondary N) is 1. The molecule has 0 aliphatic rings. The highest BCUT2D eigenvalue weighted by Gasteiger charge is 2.12. The highest BCUT2D eigenvalue weighted by atomic mass is 79.9. The second kappa shape index (κ2) is 5.98. The van der Waals surface area contributed by atoms with Gasteiger partial charge < -0.3 is 10.4 Å². The van der Waals surface area contributed by atoms with Gasteiger partial charge in [-0.2, -0.15) is 0 Å². The van der Waals surface area contributed by atoms with Gasteiger partial charge in [0, 0.05) is 21.9 Å². The molecular formula is C15H11BrN4O2. The van der Waals surface area contributed by atoms with E-state index in [1.54, 1.807) is 41.5 Å². The van der Waals surface area contributed by atoms with E-state index in [0.717, 1.165) is 5.69 Å². The predicted molar refractivity (Wildman–Crippen MR) is 85.1 cm³/mol. The highest BCUT2D eigenvalue weighted by molar-refractivity contribution is 9.10. The molecule has 0 spiro atoms. The lowest BCUT2D eigenvalue weighted by atomic mass is 10.1. The molecule has 0 saturated carbocycles. The number of hydrogen-bond donors (Lipinski definition) is 2. The van der Waals surface area contributed by atoms with Crippen LogP contribution in [0.5, 0.6) is 5.75 Å². The quantitative estimate of drug-likeness (QED) is 0.754. The van der Waals surface area contributed by atoms with Crippen LogP contribution in [0.4, 0.5) is 5.69 Å². The molecule has 1 heterocycles. The van der Waals surface area contributed by atoms with Gasteiger partial charge in [-0.05, 0) is 46.3 Å². The number of nitrogens with zero attached hydrogens (tertiary/aromatic N) is 3. The zero-order chi connectivity index (χ0) is 15.5. The molecule has 7 heteroatoms. The molecule has 110 valence electrons. The third-order valence-electron chi connectivity index (χ3n) is 3.02. The molecular weight excluding hydrogens is 348 g/mol. The van der Waals surface area contributed by atoms with Crippen molar-refractivity contribution in [3.05, 3.63) is 65.2 Å². The average Bonchev–Trinajstić information content (AvgIpc) is 3.02. The Morgan fingerprint density at radius 2 is 1.91 bits per heavy atom. The van der Waals surface area contributed by atoms with Gasteiger partial charge in [0.05, 0.1) is 5.56 Å². The van der Waals surface area contributed by atoms with Gasteiger partial charge in [0.25, 0.3) is 5.91 Å². The monoisotopic (exact) mass is 358 g/mol. The molecule has 22 heavy (non-hydrogen) atoms. The molecule has 0 fully saturated rings. The zero-order valence-electron chi connectivity index (χ0n) is 11.3. The largest absolute Gasteiger partial charge is 0.508 e. The van der Waals surface area contributed by atoms with E-state index >= 15 is 0 Å². The number of rotatable bonds is 3. The van der Waals surface area contributed by atoms with E-state index in [0.29, 0.717) is 15.7 Å². The summed E-state index contributed by atoms with van der Waals surface area (Å²) in [6, 6.07) is 11.7. The molecule has 0 aliphatic carbocycles. The molecule has 6 nitrogen and oxygen atoms in total. The minimum absolute atomic E-state index is 0.0927. The molecule has 1 amide bonds. The van der Waals surface area contributed by atoms with E-state index in [1.807, 2.05) is 6.07 Å². The molecule has 1 aromatic heterocycles. The van der Waals surface area contributed by atoms with E-state index in [-0.39, 0.29) is 11.7 Å². The van der Waals surface area contributed by atoms with Crippen LogP contribution in [-0.2, 0) is 0 Å². The Hall–Kier alpha value is -2.67. The number of phenolic OH excluding ortho intramolecular Hbond substituents is 1. The van der Waals surface area contributed by atoms with Crippen LogP contribution < -0.4 is 5.32 Å². The number of carbonyl (C=O) groups excluding carboxylic acids is 1. The van der Waals surface area contributed by atoms with Crippen molar-refractivity contribution in [3.8, 4) is 11.4 Å². The molecule has 0 bridgehead atoms. The Labute approximate surface area is 134 Å². The maximum Gasteiger partial charge on any atom is 0.256 e. The summed E-state index contributed by atoms with van der Waals surface area (Å²) in [5, 5.41) is 19.7. The lowest BCUT2D eigenvalue weighted by molar-refractivity contribution is 0.102. The summed E-state index contributed by atoms with van der Waals surface area (Å²) in [7, 11) is 0. The van der Waals surface area contributed by atoms with Crippen LogP contribution in [0.15, 0.2) is 59.6 Å². The van der Waals surface area contributed by atoms with Crippen molar-refractivity contribution in [2.24, 2.45) is 0 Å². The van der Waals surface area contributed by atoms with Crippen molar-refractivity contribution in [2.45, 2.75) is 0 Å². The number of benzene rings is 2. The summed E-state index contributed by atoms with van der Waals surface area (Å²) in [5.74, 6) is -0.192. The second-order valence-electron chi connectivity index (χ2n) is 4.54. The van der Waals surface area contributed by atoms with Crippen molar-refractivity contribution >= 4 is 27.5 Å². The number of carbonyl (C=O) groups is 1. The Bertz CT molecular complexity index is 818. The Morgan fingerprint density at radius 1 is 1.14 bits per heavy atom. The third kappa shape index (κ3) is 2.99. The summed E-state index contributed by atoms with van der Waals surface area (Å²) in [6.07, 6.45) is 3.11. The Morgan fingerprint density at radius 3 is 2.64 bits per heavy atom. The van der Waals surface area contributed by atoms with Crippen LogP contribution in [0, 0.1) is 0 Å². The average molecular weight is 359 g/mol. The summed E-state index contributed by atoms with van der Waals surface area (Å²) < 4.78 is 2.37. The number of aromatic hydroxyl groups is 1. The van der Waals surface area contributed by atoms with Crippen molar-refractivity contribution in [1.29, 1.82) is 0 Å². The van der Waals surface area contributed by atoms with Crippen LogP contribution in [0.25, 0.3) is 5.69 Å². The minimum atomic E-state index is -0.285. The van der Waals surface area contributed by atoms with Crippen molar-refractivity contribution in [1.82, 2.24) is 14.8 Å². The molecule has 0 radical (unpaired) electrons. The van der Waals surface area contributed by atoms with E-state index in [9.17, 15) is 9.90 Å². The Kier molecular flexibility index (Phi) is 3.88. The minimum Gasteiger partial charge on any atom is -0.508 e. The van der Waals surface area contributed by atoms with Gasteiger partial charge in [-0.3, -0.25) is 9.36 Å². The number of aromatic nitrogens is 3. The lowest BCUT2D eigenvalue weighted by Crippen LogP contribution is -2.13. The molecule has 0 aliphatic heterocycles. The zero-order valence-corrected chi connectivity index (χ0v) is 12.9. The van der Waals surface area contributed by atoms with E-state index in [4.69, 9.17) is 0 Å². The summed E-state index contributed by atoms with van der Waals surface area (Å²) in [4.78, 5) is 12.4. The number of amides is 1. The number of hydrogen-bond acceptors (Lipinski definition) is 4. The van der Waals surface area contributed by atoms with Crippen molar-refractivity contribution < 1.29 is 9.90 Å². The fourth-order valence-electron chi connectivity index (χ4n) is 1.96. The van der Waals surface area contributed by atoms with Gasteiger partial charge in [0.1, 0.15) is 18.4 Å².